The van der Waals surface area contributed by atoms with Gasteiger partial charge in [-0.25, -0.2) is 9.97 Å². The standard InChI is InChI=1S/C25H29N3O2/c1-6-28(7-2)25(3,17-19-11-9-8-10-12-19)14-13-21-20-15-23(29-4)24(30-5)16-22(20)27-18-26-21/h8-12,15-16,18H,6-7,17H2,1-5H3/t25-/m0/s1. The summed E-state index contributed by atoms with van der Waals surface area (Å²) in [7, 11) is 3.24. The number of methoxy groups -OCH3 is 2. The second-order valence-electron chi connectivity index (χ2n) is 7.31. The molecule has 1 atom stereocenters. The molecular weight excluding hydrogens is 374 g/mol. The van der Waals surface area contributed by atoms with Crippen molar-refractivity contribution in [3.8, 4) is 23.3 Å². The Balaban J connectivity index is 2.08. The Kier molecular flexibility index (Phi) is 6.91. The summed E-state index contributed by atoms with van der Waals surface area (Å²) in [5, 5.41) is 0.851. The number of rotatable bonds is 7. The number of benzene rings is 2. The Labute approximate surface area is 179 Å². The van der Waals surface area contributed by atoms with Crippen molar-refractivity contribution < 1.29 is 9.47 Å². The smallest absolute Gasteiger partial charge is 0.162 e. The molecule has 1 heterocycles. The third kappa shape index (κ3) is 4.55. The molecule has 0 aliphatic rings. The van der Waals surface area contributed by atoms with Crippen molar-refractivity contribution in [1.82, 2.24) is 14.9 Å². The van der Waals surface area contributed by atoms with Crippen molar-refractivity contribution in [3.63, 3.8) is 0 Å². The maximum Gasteiger partial charge on any atom is 0.162 e. The molecule has 30 heavy (non-hydrogen) atoms. The van der Waals surface area contributed by atoms with Gasteiger partial charge in [0.15, 0.2) is 11.5 Å². The molecule has 3 rings (SSSR count). The van der Waals surface area contributed by atoms with Gasteiger partial charge in [-0.3, -0.25) is 4.90 Å². The van der Waals surface area contributed by atoms with Gasteiger partial charge < -0.3 is 9.47 Å². The fourth-order valence-electron chi connectivity index (χ4n) is 3.83. The Bertz CT molecular complexity index is 1050. The van der Waals surface area contributed by atoms with Crippen LogP contribution in [0.1, 0.15) is 32.0 Å². The van der Waals surface area contributed by atoms with E-state index in [9.17, 15) is 0 Å². The molecule has 0 bridgehead atoms. The van der Waals surface area contributed by atoms with E-state index in [1.54, 1.807) is 20.5 Å². The Morgan fingerprint density at radius 1 is 0.967 bits per heavy atom. The first-order chi connectivity index (χ1) is 14.5. The molecule has 0 amide bonds. The fourth-order valence-corrected chi connectivity index (χ4v) is 3.83. The Hall–Kier alpha value is -3.10. The minimum atomic E-state index is -0.321. The summed E-state index contributed by atoms with van der Waals surface area (Å²) in [6, 6.07) is 14.2. The van der Waals surface area contributed by atoms with Crippen molar-refractivity contribution in [3.05, 3.63) is 60.0 Å². The average molecular weight is 404 g/mol. The molecule has 0 saturated carbocycles. The minimum Gasteiger partial charge on any atom is -0.493 e. The number of ether oxygens (including phenoxy) is 2. The van der Waals surface area contributed by atoms with Gasteiger partial charge in [0.25, 0.3) is 0 Å². The predicted molar refractivity (Wildman–Crippen MR) is 121 cm³/mol. The first kappa shape index (κ1) is 21.6. The fraction of sp³-hybridized carbons (Fsp3) is 0.360. The zero-order chi connectivity index (χ0) is 21.6. The summed E-state index contributed by atoms with van der Waals surface area (Å²) >= 11 is 0. The molecule has 3 aromatic rings. The topological polar surface area (TPSA) is 47.5 Å². The van der Waals surface area contributed by atoms with E-state index < -0.39 is 0 Å². The van der Waals surface area contributed by atoms with Gasteiger partial charge in [0.2, 0.25) is 0 Å². The van der Waals surface area contributed by atoms with Gasteiger partial charge in [0, 0.05) is 17.9 Å². The minimum absolute atomic E-state index is 0.321. The van der Waals surface area contributed by atoms with Crippen LogP contribution in [-0.2, 0) is 6.42 Å². The molecule has 0 spiro atoms. The van der Waals surface area contributed by atoms with Crippen molar-refractivity contribution in [2.45, 2.75) is 32.7 Å². The predicted octanol–water partition coefficient (Wildman–Crippen LogP) is 4.34. The molecule has 1 aromatic heterocycles. The molecular formula is C25H29N3O2. The van der Waals surface area contributed by atoms with Crippen molar-refractivity contribution in [2.75, 3.05) is 27.3 Å². The highest BCUT2D eigenvalue weighted by molar-refractivity contribution is 5.86. The lowest BCUT2D eigenvalue weighted by molar-refractivity contribution is 0.171. The molecule has 0 N–H and O–H groups in total. The molecule has 0 unspecified atom stereocenters. The Morgan fingerprint density at radius 2 is 1.63 bits per heavy atom. The van der Waals surface area contributed by atoms with Crippen LogP contribution in [0, 0.1) is 11.8 Å². The summed E-state index contributed by atoms with van der Waals surface area (Å²) in [4.78, 5) is 11.2. The number of hydrogen-bond acceptors (Lipinski definition) is 5. The first-order valence-corrected chi connectivity index (χ1v) is 10.2. The normalized spacial score (nSPS) is 12.9. The van der Waals surface area contributed by atoms with E-state index in [-0.39, 0.29) is 5.54 Å². The average Bonchev–Trinajstić information content (AvgIpc) is 2.78. The number of fused-ring (bicyclic) bond motifs is 1. The summed E-state index contributed by atoms with van der Waals surface area (Å²) in [6.45, 7) is 8.39. The second kappa shape index (κ2) is 9.60. The third-order valence-corrected chi connectivity index (χ3v) is 5.44. The van der Waals surface area contributed by atoms with Gasteiger partial charge in [-0.05, 0) is 37.6 Å². The van der Waals surface area contributed by atoms with Gasteiger partial charge in [0.1, 0.15) is 12.0 Å². The molecule has 0 aliphatic carbocycles. The van der Waals surface area contributed by atoms with Crippen LogP contribution in [-0.4, -0.2) is 47.7 Å². The maximum atomic E-state index is 5.46. The summed E-state index contributed by atoms with van der Waals surface area (Å²) in [5.41, 5.74) is 2.41. The first-order valence-electron chi connectivity index (χ1n) is 10.2. The van der Waals surface area contributed by atoms with Crippen LogP contribution in [0.5, 0.6) is 11.5 Å². The highest BCUT2D eigenvalue weighted by atomic mass is 16.5. The van der Waals surface area contributed by atoms with E-state index in [0.29, 0.717) is 17.2 Å². The van der Waals surface area contributed by atoms with Crippen molar-refractivity contribution in [2.24, 2.45) is 0 Å². The van der Waals surface area contributed by atoms with Crippen LogP contribution >= 0.6 is 0 Å². The monoisotopic (exact) mass is 403 g/mol. The van der Waals surface area contributed by atoms with Crippen LogP contribution < -0.4 is 9.47 Å². The van der Waals surface area contributed by atoms with E-state index in [1.807, 2.05) is 18.2 Å². The highest BCUT2D eigenvalue weighted by Crippen LogP contribution is 2.32. The lowest BCUT2D eigenvalue weighted by Crippen LogP contribution is -2.47. The zero-order valence-electron chi connectivity index (χ0n) is 18.4. The van der Waals surface area contributed by atoms with Gasteiger partial charge in [-0.15, -0.1) is 0 Å². The second-order valence-corrected chi connectivity index (χ2v) is 7.31. The largest absolute Gasteiger partial charge is 0.493 e. The SMILES string of the molecule is CCN(CC)[C@@](C)(C#Cc1ncnc2cc(OC)c(OC)cc12)Cc1ccccc1. The van der Waals surface area contributed by atoms with E-state index in [4.69, 9.17) is 9.47 Å². The quantitative estimate of drug-likeness (QED) is 0.549. The van der Waals surface area contributed by atoms with Crippen LogP contribution in [0.25, 0.3) is 10.9 Å². The zero-order valence-corrected chi connectivity index (χ0v) is 18.4. The summed E-state index contributed by atoms with van der Waals surface area (Å²) in [5.74, 6) is 8.16. The van der Waals surface area contributed by atoms with E-state index >= 15 is 0 Å². The van der Waals surface area contributed by atoms with E-state index in [1.165, 1.54) is 5.56 Å². The molecule has 156 valence electrons. The Morgan fingerprint density at radius 3 is 2.27 bits per heavy atom. The highest BCUT2D eigenvalue weighted by Gasteiger charge is 2.28. The number of aromatic nitrogens is 2. The molecule has 5 nitrogen and oxygen atoms in total. The van der Waals surface area contributed by atoms with Gasteiger partial charge in [0.05, 0.1) is 25.3 Å². The van der Waals surface area contributed by atoms with Crippen molar-refractivity contribution >= 4 is 10.9 Å². The van der Waals surface area contributed by atoms with Crippen LogP contribution in [0.2, 0.25) is 0 Å². The molecule has 0 fully saturated rings. The third-order valence-electron chi connectivity index (χ3n) is 5.44. The maximum absolute atomic E-state index is 5.46. The summed E-state index contributed by atoms with van der Waals surface area (Å²) in [6.07, 6.45) is 2.38. The van der Waals surface area contributed by atoms with Crippen LogP contribution in [0.3, 0.4) is 0 Å². The van der Waals surface area contributed by atoms with Crippen LogP contribution in [0.4, 0.5) is 0 Å². The van der Waals surface area contributed by atoms with Crippen LogP contribution in [0.15, 0.2) is 48.8 Å². The number of nitrogens with zero attached hydrogens (tertiary/aromatic N) is 3. The molecule has 2 aromatic carbocycles. The van der Waals surface area contributed by atoms with Gasteiger partial charge >= 0.3 is 0 Å². The van der Waals surface area contributed by atoms with Crippen molar-refractivity contribution in [1.29, 1.82) is 0 Å². The summed E-state index contributed by atoms with van der Waals surface area (Å²) < 4.78 is 10.9. The molecule has 0 saturated heterocycles. The van der Waals surface area contributed by atoms with E-state index in [0.717, 1.165) is 30.4 Å². The lowest BCUT2D eigenvalue weighted by Gasteiger charge is -2.36. The molecule has 5 heteroatoms. The molecule has 0 aliphatic heterocycles. The van der Waals surface area contributed by atoms with E-state index in [2.05, 4.69) is 71.7 Å². The van der Waals surface area contributed by atoms with Gasteiger partial charge in [-0.2, -0.15) is 0 Å². The molecule has 0 radical (unpaired) electrons. The lowest BCUT2D eigenvalue weighted by atomic mass is 9.91. The number of hydrogen-bond donors (Lipinski definition) is 0. The number of likely N-dealkylation sites (N-methyl/N-ethyl adjacent to an activating group) is 1. The van der Waals surface area contributed by atoms with Gasteiger partial charge in [-0.1, -0.05) is 50.1 Å².